The number of aliphatic carboxylic acids is 1. The molecule has 146 valence electrons. The summed E-state index contributed by atoms with van der Waals surface area (Å²) in [4.78, 5) is 9.25. The molecule has 0 aromatic carbocycles. The molecule has 0 aliphatic heterocycles. The van der Waals surface area contributed by atoms with Crippen molar-refractivity contribution in [3.05, 3.63) is 12.7 Å². The van der Waals surface area contributed by atoms with Crippen molar-refractivity contribution in [2.45, 2.75) is 78.1 Å². The molecule has 24 heavy (non-hydrogen) atoms. The summed E-state index contributed by atoms with van der Waals surface area (Å²) in [6.07, 6.45) is 12.4. The van der Waals surface area contributed by atoms with Crippen molar-refractivity contribution in [2.24, 2.45) is 0 Å². The van der Waals surface area contributed by atoms with Gasteiger partial charge < -0.3 is 20.1 Å². The summed E-state index contributed by atoms with van der Waals surface area (Å²) in [6, 6.07) is 0. The topological polar surface area (TPSA) is 87.0 Å². The Kier molecular flexibility index (Phi) is 34.9. The molecule has 0 fully saturated rings. The second-order valence-corrected chi connectivity index (χ2v) is 5.43. The molecule has 0 unspecified atom stereocenters. The molecule has 0 rings (SSSR count). The first-order chi connectivity index (χ1) is 11.6. The van der Waals surface area contributed by atoms with Crippen LogP contribution in [-0.4, -0.2) is 47.7 Å². The van der Waals surface area contributed by atoms with Gasteiger partial charge in [-0.3, -0.25) is 0 Å². The highest BCUT2D eigenvalue weighted by Crippen LogP contribution is 2.07. The molecule has 0 radical (unpaired) electrons. The Balaban J connectivity index is -0.000000311. The lowest BCUT2D eigenvalue weighted by Crippen LogP contribution is -1.92. The lowest BCUT2D eigenvalue weighted by Gasteiger charge is -1.99. The standard InChI is InChI=1S/C10H22O2.C6H14O.C3H4O2/c11-9-7-5-3-1-2-4-6-8-10-12;1-3-5-7-6-4-2;1-2-3(4)5/h11-12H,1-10H2;3-6H2,1-2H3;2H,1H2,(H,4,5). The number of unbranched alkanes of at least 4 members (excludes halogenated alkanes) is 7. The Morgan fingerprint density at radius 3 is 1.33 bits per heavy atom. The Labute approximate surface area is 148 Å². The zero-order valence-electron chi connectivity index (χ0n) is 15.8. The van der Waals surface area contributed by atoms with E-state index in [0.717, 1.165) is 57.8 Å². The highest BCUT2D eigenvalue weighted by atomic mass is 16.5. The summed E-state index contributed by atoms with van der Waals surface area (Å²) >= 11 is 0. The normalized spacial score (nSPS) is 9.33. The van der Waals surface area contributed by atoms with Gasteiger partial charge in [-0.05, 0) is 25.7 Å². The van der Waals surface area contributed by atoms with Crippen molar-refractivity contribution in [3.63, 3.8) is 0 Å². The largest absolute Gasteiger partial charge is 0.478 e. The van der Waals surface area contributed by atoms with Crippen LogP contribution in [0.5, 0.6) is 0 Å². The first-order valence-corrected chi connectivity index (χ1v) is 9.25. The van der Waals surface area contributed by atoms with Crippen LogP contribution >= 0.6 is 0 Å². The van der Waals surface area contributed by atoms with Crippen LogP contribution in [-0.2, 0) is 9.53 Å². The van der Waals surface area contributed by atoms with Gasteiger partial charge in [-0.15, -0.1) is 0 Å². The summed E-state index contributed by atoms with van der Waals surface area (Å²) in [5.74, 6) is -0.981. The Morgan fingerprint density at radius 2 is 1.12 bits per heavy atom. The molecule has 0 atom stereocenters. The molecule has 0 saturated carbocycles. The Morgan fingerprint density at radius 1 is 0.833 bits per heavy atom. The molecule has 0 heterocycles. The molecule has 0 aliphatic rings. The minimum Gasteiger partial charge on any atom is -0.478 e. The van der Waals surface area contributed by atoms with Gasteiger partial charge >= 0.3 is 5.97 Å². The summed E-state index contributed by atoms with van der Waals surface area (Å²) in [5, 5.41) is 24.6. The number of carboxylic acids is 1. The maximum atomic E-state index is 9.25. The average molecular weight is 349 g/mol. The maximum absolute atomic E-state index is 9.25. The number of hydrogen-bond acceptors (Lipinski definition) is 4. The number of hydrogen-bond donors (Lipinski definition) is 3. The Hall–Kier alpha value is -0.910. The van der Waals surface area contributed by atoms with Gasteiger partial charge in [0.05, 0.1) is 0 Å². The van der Waals surface area contributed by atoms with Gasteiger partial charge in [0.1, 0.15) is 0 Å². The minimum atomic E-state index is -0.981. The van der Waals surface area contributed by atoms with Crippen LogP contribution in [0.15, 0.2) is 12.7 Å². The van der Waals surface area contributed by atoms with Crippen molar-refractivity contribution in [3.8, 4) is 0 Å². The number of aliphatic hydroxyl groups excluding tert-OH is 2. The molecule has 0 aliphatic carbocycles. The van der Waals surface area contributed by atoms with E-state index in [1.165, 1.54) is 25.7 Å². The van der Waals surface area contributed by atoms with Gasteiger partial charge in [-0.1, -0.05) is 59.0 Å². The minimum absolute atomic E-state index is 0.338. The third kappa shape index (κ3) is 42.9. The van der Waals surface area contributed by atoms with Crippen LogP contribution in [0.25, 0.3) is 0 Å². The first kappa shape index (κ1) is 27.9. The molecule has 0 aromatic heterocycles. The quantitative estimate of drug-likeness (QED) is 0.324. The fourth-order valence-corrected chi connectivity index (χ4v) is 1.68. The van der Waals surface area contributed by atoms with E-state index in [-0.39, 0.29) is 0 Å². The van der Waals surface area contributed by atoms with Crippen LogP contribution in [0.2, 0.25) is 0 Å². The SMILES string of the molecule is C=CC(=O)O.CCCOCCC.OCCCCCCCCCCO. The maximum Gasteiger partial charge on any atom is 0.327 e. The first-order valence-electron chi connectivity index (χ1n) is 9.25. The van der Waals surface area contributed by atoms with E-state index < -0.39 is 5.97 Å². The van der Waals surface area contributed by atoms with Crippen LogP contribution in [0.1, 0.15) is 78.1 Å². The van der Waals surface area contributed by atoms with Crippen molar-refractivity contribution >= 4 is 5.97 Å². The number of carboxylic acid groups (broad SMARTS) is 1. The van der Waals surface area contributed by atoms with Crippen molar-refractivity contribution in [2.75, 3.05) is 26.4 Å². The van der Waals surface area contributed by atoms with Crippen molar-refractivity contribution in [1.29, 1.82) is 0 Å². The number of ether oxygens (including phenoxy) is 1. The summed E-state index contributed by atoms with van der Waals surface area (Å²) < 4.78 is 5.13. The van der Waals surface area contributed by atoms with Crippen LogP contribution in [0, 0.1) is 0 Å². The Bertz CT molecular complexity index is 218. The van der Waals surface area contributed by atoms with Crippen LogP contribution in [0.4, 0.5) is 0 Å². The summed E-state index contributed by atoms with van der Waals surface area (Å²) in [5.41, 5.74) is 0. The molecule has 0 saturated heterocycles. The highest BCUT2D eigenvalue weighted by molar-refractivity contribution is 5.78. The second-order valence-electron chi connectivity index (χ2n) is 5.43. The summed E-state index contributed by atoms with van der Waals surface area (Å²) in [7, 11) is 0. The zero-order valence-corrected chi connectivity index (χ0v) is 15.8. The predicted octanol–water partition coefficient (Wildman–Crippen LogP) is 4.17. The van der Waals surface area contributed by atoms with E-state index in [4.69, 9.17) is 20.1 Å². The number of rotatable bonds is 14. The van der Waals surface area contributed by atoms with E-state index in [2.05, 4.69) is 20.4 Å². The molecule has 0 amide bonds. The van der Waals surface area contributed by atoms with Gasteiger partial charge in [-0.2, -0.15) is 0 Å². The lowest BCUT2D eigenvalue weighted by atomic mass is 10.1. The van der Waals surface area contributed by atoms with Gasteiger partial charge in [0, 0.05) is 32.5 Å². The molecular formula is C19H40O5. The van der Waals surface area contributed by atoms with E-state index in [0.29, 0.717) is 13.2 Å². The van der Waals surface area contributed by atoms with Crippen molar-refractivity contribution in [1.82, 2.24) is 0 Å². The predicted molar refractivity (Wildman–Crippen MR) is 100 cm³/mol. The molecule has 5 nitrogen and oxygen atoms in total. The van der Waals surface area contributed by atoms with Gasteiger partial charge in [0.2, 0.25) is 0 Å². The van der Waals surface area contributed by atoms with E-state index >= 15 is 0 Å². The second kappa shape index (κ2) is 30.0. The average Bonchev–Trinajstić information content (AvgIpc) is 2.59. The van der Waals surface area contributed by atoms with E-state index in [1.54, 1.807) is 0 Å². The van der Waals surface area contributed by atoms with E-state index in [1.807, 2.05) is 0 Å². The van der Waals surface area contributed by atoms with Gasteiger partial charge in [0.15, 0.2) is 0 Å². The smallest absolute Gasteiger partial charge is 0.327 e. The monoisotopic (exact) mass is 348 g/mol. The van der Waals surface area contributed by atoms with E-state index in [9.17, 15) is 4.79 Å². The van der Waals surface area contributed by atoms with Gasteiger partial charge in [0.25, 0.3) is 0 Å². The lowest BCUT2D eigenvalue weighted by molar-refractivity contribution is -0.131. The fourth-order valence-electron chi connectivity index (χ4n) is 1.68. The number of aliphatic hydroxyl groups is 2. The molecular weight excluding hydrogens is 308 g/mol. The zero-order chi connectivity index (χ0) is 18.9. The number of carbonyl (C=O) groups is 1. The van der Waals surface area contributed by atoms with Gasteiger partial charge in [-0.25, -0.2) is 4.79 Å². The highest BCUT2D eigenvalue weighted by Gasteiger charge is 1.90. The molecule has 5 heteroatoms. The fraction of sp³-hybridized carbons (Fsp3) is 0.842. The van der Waals surface area contributed by atoms with Crippen LogP contribution in [0.3, 0.4) is 0 Å². The molecule has 0 aromatic rings. The van der Waals surface area contributed by atoms with Crippen molar-refractivity contribution < 1.29 is 24.9 Å². The van der Waals surface area contributed by atoms with Crippen LogP contribution < -0.4 is 0 Å². The third-order valence-electron chi connectivity index (χ3n) is 2.94. The molecule has 3 N–H and O–H groups in total. The summed E-state index contributed by atoms with van der Waals surface area (Å²) in [6.45, 7) is 9.73. The molecule has 0 bridgehead atoms. The molecule has 0 spiro atoms. The third-order valence-corrected chi connectivity index (χ3v) is 2.94.